The Kier molecular flexibility index (Phi) is 28.1. The fourth-order valence-electron chi connectivity index (χ4n) is 9.68. The van der Waals surface area contributed by atoms with Crippen LogP contribution in [0.15, 0.2) is 66.7 Å². The topological polar surface area (TPSA) is 473 Å². The van der Waals surface area contributed by atoms with Gasteiger partial charge in [-0.15, -0.1) is 0 Å². The molecule has 462 valence electrons. The highest BCUT2D eigenvalue weighted by molar-refractivity contribution is 6.16. The van der Waals surface area contributed by atoms with Crippen molar-refractivity contribution < 1.29 is 129 Å². The van der Waals surface area contributed by atoms with E-state index in [0.717, 1.165) is 5.56 Å². The van der Waals surface area contributed by atoms with Gasteiger partial charge in [-0.05, 0) is 47.4 Å². The number of rotatable bonds is 18. The number of phenolic OH excluding ortho intramolecular Hbond substituents is 2. The summed E-state index contributed by atoms with van der Waals surface area (Å²) < 4.78 is 46.2. The number of esters is 1. The van der Waals surface area contributed by atoms with E-state index in [4.69, 9.17) is 59.6 Å². The van der Waals surface area contributed by atoms with Gasteiger partial charge in [0.15, 0.2) is 12.6 Å². The number of ether oxygens (including phenoxy) is 9. The number of aliphatic hydroxyl groups is 13. The van der Waals surface area contributed by atoms with Crippen LogP contribution in [0.4, 0.5) is 0 Å². The molecule has 21 atom stereocenters. The van der Waals surface area contributed by atoms with Crippen LogP contribution < -0.4 is 11.5 Å². The third kappa shape index (κ3) is 16.6. The average Bonchev–Trinajstić information content (AvgIpc) is 3.64. The number of methoxy groups -OCH3 is 5. The summed E-state index contributed by atoms with van der Waals surface area (Å²) in [4.78, 5) is 23.8. The minimum absolute atomic E-state index is 0.0843. The predicted octanol–water partition coefficient (Wildman–Crippen LogP) is -5.06. The zero-order valence-electron chi connectivity index (χ0n) is 45.9. The maximum Gasteiger partial charge on any atom is 0.330 e. The van der Waals surface area contributed by atoms with E-state index in [0.29, 0.717) is 5.56 Å². The molecule has 28 heteroatoms. The molecule has 0 aromatic heterocycles. The third-order valence-electron chi connectivity index (χ3n) is 14.2. The highest BCUT2D eigenvalue weighted by Crippen LogP contribution is 2.47. The largest absolute Gasteiger partial charge is 0.507 e. The Morgan fingerprint density at radius 3 is 1.82 bits per heavy atom. The van der Waals surface area contributed by atoms with Crippen molar-refractivity contribution in [2.24, 2.45) is 11.5 Å². The number of carbonyl (C=O) groups excluding carboxylic acids is 2. The number of fused-ring (bicyclic) bond motifs is 2. The van der Waals surface area contributed by atoms with Gasteiger partial charge in [-0.25, -0.2) is 4.79 Å². The first-order valence-electron chi connectivity index (χ1n) is 25.8. The van der Waals surface area contributed by atoms with Gasteiger partial charge in [0.2, 0.25) is 5.78 Å². The molecule has 19 N–H and O–H groups in total. The summed E-state index contributed by atoms with van der Waals surface area (Å²) in [5, 5.41) is 148. The molecular weight excluding hydrogens is 1090 g/mol. The van der Waals surface area contributed by atoms with E-state index < -0.39 is 166 Å². The molecule has 1 aliphatic carbocycles. The van der Waals surface area contributed by atoms with E-state index in [1.54, 1.807) is 19.1 Å². The highest BCUT2D eigenvalue weighted by Gasteiger charge is 2.51. The molecule has 0 saturated carbocycles. The molecule has 3 aromatic rings. The molecule has 0 amide bonds. The van der Waals surface area contributed by atoms with Gasteiger partial charge in [-0.2, -0.15) is 0 Å². The van der Waals surface area contributed by atoms with E-state index >= 15 is 0 Å². The van der Waals surface area contributed by atoms with Gasteiger partial charge in [-0.3, -0.25) is 4.79 Å². The number of hydrogen-bond donors (Lipinski definition) is 17. The van der Waals surface area contributed by atoms with Gasteiger partial charge in [0, 0.05) is 40.4 Å². The first-order valence-corrected chi connectivity index (χ1v) is 25.8. The fourth-order valence-corrected chi connectivity index (χ4v) is 9.68. The Morgan fingerprint density at radius 2 is 1.27 bits per heavy atom. The van der Waals surface area contributed by atoms with E-state index in [1.165, 1.54) is 65.9 Å². The summed E-state index contributed by atoms with van der Waals surface area (Å²) in [6.07, 6.45) is -17.5. The summed E-state index contributed by atoms with van der Waals surface area (Å²) >= 11 is 0. The standard InChI is InChI=1S/C21H22O9.C15H32N2O9.C10H10O2.C8H16O6/c22-6-8-4-10-14(21-20(29)19(28)17(26)13(7-23)30-21)9-2-1-3-11(24)15(9)18(27)16(10)12(25)5-8;1-6(9(16)11(21)13(23-2)7(20)4-18)25-14-8(5-19)26-15(24-3)10(17)12(14)22;1-12-10(11)8-7-9-5-3-2-4-6-9;1-12-7-4(3-9)14-8(13-2)6(11)5(7)10/h1-5,13-14,17,19-26,28-29H,6-7H2;6-15,18-22H,4-5,16-17H2,1-3H3;2-8H,1H3;4-11H,3H2,1-2H3/b;;8-7+;. The zero-order valence-corrected chi connectivity index (χ0v) is 45.9. The summed E-state index contributed by atoms with van der Waals surface area (Å²) in [6, 6.07) is 14.7. The average molecular weight is 1170 g/mol. The molecule has 28 nitrogen and oxygen atoms in total. The lowest BCUT2D eigenvalue weighted by Gasteiger charge is -2.45. The van der Waals surface area contributed by atoms with Crippen molar-refractivity contribution in [1.82, 2.24) is 0 Å². The summed E-state index contributed by atoms with van der Waals surface area (Å²) in [6.45, 7) is -0.892. The predicted molar refractivity (Wildman–Crippen MR) is 283 cm³/mol. The second-order valence-electron chi connectivity index (χ2n) is 19.3. The van der Waals surface area contributed by atoms with Gasteiger partial charge in [0.25, 0.3) is 0 Å². The van der Waals surface area contributed by atoms with E-state index in [1.807, 2.05) is 30.3 Å². The maximum absolute atomic E-state index is 13.1. The van der Waals surface area contributed by atoms with Crippen LogP contribution in [-0.2, 0) is 54.0 Å². The van der Waals surface area contributed by atoms with Crippen molar-refractivity contribution in [2.75, 3.05) is 62.0 Å². The number of carbonyl (C=O) groups is 2. The van der Waals surface area contributed by atoms with Gasteiger partial charge in [0.05, 0.1) is 75.6 Å². The van der Waals surface area contributed by atoms with E-state index in [2.05, 4.69) is 4.74 Å². The zero-order chi connectivity index (χ0) is 61.3. The Bertz CT molecular complexity index is 2440. The van der Waals surface area contributed by atoms with Crippen LogP contribution in [0.3, 0.4) is 0 Å². The molecular formula is C54H80N2O26. The lowest BCUT2D eigenvalue weighted by atomic mass is 9.71. The van der Waals surface area contributed by atoms with Crippen LogP contribution in [0.1, 0.15) is 51.0 Å². The van der Waals surface area contributed by atoms with Crippen LogP contribution in [-0.4, -0.2) is 273 Å². The molecule has 3 heterocycles. The molecule has 3 aromatic carbocycles. The summed E-state index contributed by atoms with van der Waals surface area (Å²) in [5.41, 5.74) is 13.4. The quantitative estimate of drug-likeness (QED) is 0.0419. The van der Waals surface area contributed by atoms with Crippen LogP contribution in [0.5, 0.6) is 11.5 Å². The molecule has 0 bridgehead atoms. The van der Waals surface area contributed by atoms with Crippen molar-refractivity contribution >= 4 is 17.8 Å². The Hall–Kier alpha value is -4.78. The lowest BCUT2D eigenvalue weighted by Crippen LogP contribution is -2.64. The third-order valence-corrected chi connectivity index (χ3v) is 14.2. The van der Waals surface area contributed by atoms with E-state index in [-0.39, 0.29) is 40.6 Å². The van der Waals surface area contributed by atoms with Crippen molar-refractivity contribution in [1.29, 1.82) is 0 Å². The minimum Gasteiger partial charge on any atom is -0.507 e. The van der Waals surface area contributed by atoms with Gasteiger partial charge in [0.1, 0.15) is 97.0 Å². The van der Waals surface area contributed by atoms with Gasteiger partial charge >= 0.3 is 5.97 Å². The molecule has 3 fully saturated rings. The van der Waals surface area contributed by atoms with Crippen molar-refractivity contribution in [3.8, 4) is 11.5 Å². The molecule has 0 spiro atoms. The Labute approximate surface area is 472 Å². The SMILES string of the molecule is COC(=O)/C=C/c1ccccc1.COC1OC(CO)C(OC(C)C(N)C(O)C(OC)C(O)CO)C(O)C1N.COC1OC(CO)C(OC)C(O)C1O.O=C1c2c(O)cccc2C(C2OC(CO)C(O)C(O)C2O)c2cc(CO)cc(O)c21. The molecule has 0 radical (unpaired) electrons. The Balaban J connectivity index is 0.000000251. The normalized spacial score (nSPS) is 31.5. The second kappa shape index (κ2) is 33.1. The van der Waals surface area contributed by atoms with Gasteiger partial charge < -0.3 is 131 Å². The Morgan fingerprint density at radius 1 is 0.671 bits per heavy atom. The summed E-state index contributed by atoms with van der Waals surface area (Å²) in [5.74, 6) is -2.67. The monoisotopic (exact) mass is 1170 g/mol. The molecule has 3 aliphatic heterocycles. The maximum atomic E-state index is 13.1. The number of ketones is 1. The lowest BCUT2D eigenvalue weighted by molar-refractivity contribution is -0.298. The van der Waals surface area contributed by atoms with E-state index in [9.17, 15) is 76.0 Å². The fraction of sp³-hybridized carbons (Fsp3) is 0.593. The molecule has 21 unspecified atom stereocenters. The van der Waals surface area contributed by atoms with Crippen LogP contribution in [0, 0.1) is 0 Å². The molecule has 82 heavy (non-hydrogen) atoms. The van der Waals surface area contributed by atoms with Crippen molar-refractivity contribution in [3.63, 3.8) is 0 Å². The smallest absolute Gasteiger partial charge is 0.330 e. The van der Waals surface area contributed by atoms with Crippen LogP contribution in [0.2, 0.25) is 0 Å². The minimum atomic E-state index is -1.64. The van der Waals surface area contributed by atoms with Crippen molar-refractivity contribution in [2.45, 2.75) is 142 Å². The highest BCUT2D eigenvalue weighted by atomic mass is 16.7. The second-order valence-corrected chi connectivity index (χ2v) is 19.3. The van der Waals surface area contributed by atoms with Gasteiger partial charge in [-0.1, -0.05) is 48.5 Å². The summed E-state index contributed by atoms with van der Waals surface area (Å²) in [7, 11) is 6.70. The number of hydrogen-bond acceptors (Lipinski definition) is 28. The number of aliphatic hydroxyl groups excluding tert-OH is 13. The number of nitrogens with two attached hydrogens (primary N) is 2. The molecule has 3 saturated heterocycles. The number of aromatic hydroxyl groups is 2. The first-order chi connectivity index (χ1) is 39.0. The first kappa shape index (κ1) is 69.7. The van der Waals surface area contributed by atoms with Crippen LogP contribution >= 0.6 is 0 Å². The molecule has 7 rings (SSSR count). The van der Waals surface area contributed by atoms with Crippen molar-refractivity contribution in [3.05, 3.63) is 100 Å². The van der Waals surface area contributed by atoms with Crippen LogP contribution in [0.25, 0.3) is 6.08 Å². The number of benzene rings is 3. The molecule has 4 aliphatic rings. The number of phenols is 2.